The van der Waals surface area contributed by atoms with Crippen molar-refractivity contribution in [2.45, 2.75) is 20.8 Å². The maximum Gasteiger partial charge on any atom is 0.278 e. The zero-order valence-corrected chi connectivity index (χ0v) is 16.4. The van der Waals surface area contributed by atoms with E-state index in [2.05, 4.69) is 31.5 Å². The van der Waals surface area contributed by atoms with E-state index in [4.69, 9.17) is 0 Å². The number of nitrogens with one attached hydrogen (secondary N) is 1. The molecule has 0 bridgehead atoms. The fraction of sp³-hybridized carbons (Fsp3) is 0.136. The van der Waals surface area contributed by atoms with Crippen LogP contribution in [0.3, 0.4) is 0 Å². The second-order valence-corrected chi connectivity index (χ2v) is 6.83. The quantitative estimate of drug-likeness (QED) is 0.577. The Bertz CT molecular complexity index is 1170. The summed E-state index contributed by atoms with van der Waals surface area (Å²) in [4.78, 5) is 22.8. The zero-order chi connectivity index (χ0) is 20.4. The molecule has 2 heterocycles. The van der Waals surface area contributed by atoms with E-state index in [0.717, 1.165) is 22.4 Å². The second-order valence-electron chi connectivity index (χ2n) is 6.83. The molecule has 144 valence electrons. The number of aromatic nitrogens is 5. The van der Waals surface area contributed by atoms with Gasteiger partial charge in [0.2, 0.25) is 0 Å². The minimum absolute atomic E-state index is 0.261. The predicted molar refractivity (Wildman–Crippen MR) is 111 cm³/mol. The summed E-state index contributed by atoms with van der Waals surface area (Å²) in [5.74, 6) is 0.246. The Kier molecular flexibility index (Phi) is 4.87. The van der Waals surface area contributed by atoms with Crippen LogP contribution in [-0.2, 0) is 0 Å². The molecule has 0 aliphatic carbocycles. The van der Waals surface area contributed by atoms with Crippen LogP contribution in [0, 0.1) is 20.8 Å². The number of amides is 1. The van der Waals surface area contributed by atoms with Crippen LogP contribution in [0.25, 0.3) is 17.1 Å². The van der Waals surface area contributed by atoms with Crippen molar-refractivity contribution >= 4 is 11.6 Å². The first-order valence-electron chi connectivity index (χ1n) is 9.21. The summed E-state index contributed by atoms with van der Waals surface area (Å²) >= 11 is 0. The second kappa shape index (κ2) is 7.63. The lowest BCUT2D eigenvalue weighted by Gasteiger charge is -2.05. The molecule has 1 N–H and O–H groups in total. The van der Waals surface area contributed by atoms with Gasteiger partial charge < -0.3 is 5.32 Å². The highest BCUT2D eigenvalue weighted by Gasteiger charge is 2.17. The minimum Gasteiger partial charge on any atom is -0.318 e. The summed E-state index contributed by atoms with van der Waals surface area (Å²) < 4.78 is 0. The van der Waals surface area contributed by atoms with Gasteiger partial charge in [-0.05, 0) is 32.4 Å². The molecule has 0 atom stereocenters. The Hall–Kier alpha value is -3.87. The third-order valence-corrected chi connectivity index (χ3v) is 4.51. The molecule has 29 heavy (non-hydrogen) atoms. The fourth-order valence-electron chi connectivity index (χ4n) is 3.05. The van der Waals surface area contributed by atoms with Crippen LogP contribution in [0.2, 0.25) is 0 Å². The summed E-state index contributed by atoms with van der Waals surface area (Å²) in [6, 6.07) is 15.6. The van der Waals surface area contributed by atoms with Crippen LogP contribution in [0.5, 0.6) is 0 Å². The Labute approximate surface area is 168 Å². The predicted octanol–water partition coefficient (Wildman–Crippen LogP) is 3.90. The molecule has 1 amide bonds. The number of hydrogen-bond acceptors (Lipinski definition) is 5. The van der Waals surface area contributed by atoms with Gasteiger partial charge in [-0.15, -0.1) is 5.10 Å². The number of aryl methyl sites for hydroxylation is 3. The molecule has 4 aromatic rings. The maximum absolute atomic E-state index is 12.7. The highest BCUT2D eigenvalue weighted by Crippen LogP contribution is 2.17. The largest absolute Gasteiger partial charge is 0.318 e. The topological polar surface area (TPSA) is 85.6 Å². The molecule has 0 radical (unpaired) electrons. The number of hydrogen-bond donors (Lipinski definition) is 1. The van der Waals surface area contributed by atoms with Crippen molar-refractivity contribution in [3.8, 4) is 17.1 Å². The molecule has 2 aromatic heterocycles. The van der Waals surface area contributed by atoms with Crippen molar-refractivity contribution in [1.82, 2.24) is 25.0 Å². The lowest BCUT2D eigenvalue weighted by molar-refractivity contribution is 0.102. The van der Waals surface area contributed by atoms with Gasteiger partial charge in [0.05, 0.1) is 29.5 Å². The Balaban J connectivity index is 1.54. The average Bonchev–Trinajstić information content (AvgIpc) is 3.10. The van der Waals surface area contributed by atoms with Crippen LogP contribution in [0.1, 0.15) is 27.3 Å². The third-order valence-electron chi connectivity index (χ3n) is 4.51. The molecular formula is C22H20N6O. The van der Waals surface area contributed by atoms with Gasteiger partial charge in [0, 0.05) is 5.56 Å². The molecular weight excluding hydrogens is 364 g/mol. The standard InChI is InChI=1S/C22H20N6O/c1-14-9-10-19(15(2)11-14)28-26-16(3)20(27-28)22(29)25-18-12-23-21(24-13-18)17-7-5-4-6-8-17/h4-13H,1-3H3,(H,25,29). The Morgan fingerprint density at radius 3 is 2.34 bits per heavy atom. The maximum atomic E-state index is 12.7. The van der Waals surface area contributed by atoms with Gasteiger partial charge >= 0.3 is 0 Å². The van der Waals surface area contributed by atoms with Crippen LogP contribution < -0.4 is 5.32 Å². The van der Waals surface area contributed by atoms with Crippen LogP contribution >= 0.6 is 0 Å². The van der Waals surface area contributed by atoms with Gasteiger partial charge in [-0.1, -0.05) is 48.0 Å². The molecule has 7 heteroatoms. The van der Waals surface area contributed by atoms with Gasteiger partial charge in [-0.25, -0.2) is 9.97 Å². The molecule has 0 aliphatic heterocycles. The zero-order valence-electron chi connectivity index (χ0n) is 16.4. The van der Waals surface area contributed by atoms with Gasteiger partial charge in [0.15, 0.2) is 11.5 Å². The molecule has 7 nitrogen and oxygen atoms in total. The molecule has 0 spiro atoms. The lowest BCUT2D eigenvalue weighted by atomic mass is 10.1. The molecule has 0 unspecified atom stereocenters. The van der Waals surface area contributed by atoms with E-state index >= 15 is 0 Å². The van der Waals surface area contributed by atoms with Gasteiger partial charge in [-0.2, -0.15) is 9.90 Å². The van der Waals surface area contributed by atoms with Crippen LogP contribution in [0.4, 0.5) is 5.69 Å². The van der Waals surface area contributed by atoms with E-state index in [0.29, 0.717) is 17.2 Å². The van der Waals surface area contributed by atoms with Gasteiger partial charge in [-0.3, -0.25) is 4.79 Å². The Morgan fingerprint density at radius 1 is 0.931 bits per heavy atom. The van der Waals surface area contributed by atoms with Crippen LogP contribution in [0.15, 0.2) is 60.9 Å². The van der Waals surface area contributed by atoms with Crippen LogP contribution in [-0.4, -0.2) is 30.9 Å². The summed E-state index contributed by atoms with van der Waals surface area (Å²) in [6.45, 7) is 5.78. The molecule has 0 saturated carbocycles. The minimum atomic E-state index is -0.352. The fourth-order valence-corrected chi connectivity index (χ4v) is 3.05. The highest BCUT2D eigenvalue weighted by molar-refractivity contribution is 6.03. The van der Waals surface area contributed by atoms with Gasteiger partial charge in [0.1, 0.15) is 0 Å². The first-order chi connectivity index (χ1) is 14.0. The van der Waals surface area contributed by atoms with Crippen molar-refractivity contribution in [3.63, 3.8) is 0 Å². The van der Waals surface area contributed by atoms with Crippen molar-refractivity contribution in [1.29, 1.82) is 0 Å². The smallest absolute Gasteiger partial charge is 0.278 e. The summed E-state index contributed by atoms with van der Waals surface area (Å²) in [5, 5.41) is 11.6. The summed E-state index contributed by atoms with van der Waals surface area (Å²) in [7, 11) is 0. The van der Waals surface area contributed by atoms with Crippen molar-refractivity contribution in [2.24, 2.45) is 0 Å². The monoisotopic (exact) mass is 384 g/mol. The number of benzene rings is 2. The molecule has 0 aliphatic rings. The van der Waals surface area contributed by atoms with Crippen molar-refractivity contribution in [3.05, 3.63) is 83.4 Å². The average molecular weight is 384 g/mol. The Morgan fingerprint density at radius 2 is 1.66 bits per heavy atom. The van der Waals surface area contributed by atoms with E-state index in [1.807, 2.05) is 56.3 Å². The lowest BCUT2D eigenvalue weighted by Crippen LogP contribution is -2.14. The van der Waals surface area contributed by atoms with E-state index in [1.165, 1.54) is 4.80 Å². The number of rotatable bonds is 4. The molecule has 4 rings (SSSR count). The summed E-state index contributed by atoms with van der Waals surface area (Å²) in [5.41, 5.74) is 5.26. The molecule has 0 saturated heterocycles. The first-order valence-corrected chi connectivity index (χ1v) is 9.21. The third kappa shape index (κ3) is 3.89. The molecule has 0 fully saturated rings. The number of carbonyl (C=O) groups is 1. The number of carbonyl (C=O) groups excluding carboxylic acids is 1. The van der Waals surface area contributed by atoms with E-state index in [-0.39, 0.29) is 11.6 Å². The van der Waals surface area contributed by atoms with Crippen molar-refractivity contribution in [2.75, 3.05) is 5.32 Å². The van der Waals surface area contributed by atoms with Gasteiger partial charge in [0.25, 0.3) is 5.91 Å². The number of anilines is 1. The summed E-state index contributed by atoms with van der Waals surface area (Å²) in [6.07, 6.45) is 3.16. The highest BCUT2D eigenvalue weighted by atomic mass is 16.2. The SMILES string of the molecule is Cc1ccc(-n2nc(C)c(C(=O)Nc3cnc(-c4ccccc4)nc3)n2)c(C)c1. The van der Waals surface area contributed by atoms with Crippen molar-refractivity contribution < 1.29 is 4.79 Å². The first kappa shape index (κ1) is 18.5. The van der Waals surface area contributed by atoms with E-state index < -0.39 is 0 Å². The van der Waals surface area contributed by atoms with E-state index in [1.54, 1.807) is 19.3 Å². The van der Waals surface area contributed by atoms with E-state index in [9.17, 15) is 4.79 Å². The molecule has 2 aromatic carbocycles. The normalized spacial score (nSPS) is 10.7. The number of nitrogens with zero attached hydrogens (tertiary/aromatic N) is 5.